The SMILES string of the molecule is CNC(=O)c1cccc(O)c1O. The topological polar surface area (TPSA) is 69.6 Å². The van der Waals surface area contributed by atoms with Gasteiger partial charge in [0.1, 0.15) is 0 Å². The number of carbonyl (C=O) groups is 1. The summed E-state index contributed by atoms with van der Waals surface area (Å²) in [6.07, 6.45) is 0. The predicted octanol–water partition coefficient (Wildman–Crippen LogP) is 0.457. The number of carbonyl (C=O) groups excluding carboxylic acids is 1. The molecule has 1 aromatic rings. The maximum atomic E-state index is 11.0. The van der Waals surface area contributed by atoms with Crippen LogP contribution in [0.2, 0.25) is 0 Å². The third-order valence-electron chi connectivity index (χ3n) is 1.49. The van der Waals surface area contributed by atoms with Crippen LogP contribution in [-0.2, 0) is 0 Å². The van der Waals surface area contributed by atoms with E-state index in [-0.39, 0.29) is 11.3 Å². The van der Waals surface area contributed by atoms with E-state index in [9.17, 15) is 9.90 Å². The molecule has 4 heteroatoms. The highest BCUT2D eigenvalue weighted by atomic mass is 16.3. The van der Waals surface area contributed by atoms with E-state index < -0.39 is 11.7 Å². The van der Waals surface area contributed by atoms with Crippen molar-refractivity contribution in [1.29, 1.82) is 0 Å². The fraction of sp³-hybridized carbons (Fsp3) is 0.125. The largest absolute Gasteiger partial charge is 0.504 e. The van der Waals surface area contributed by atoms with E-state index in [0.29, 0.717) is 0 Å². The zero-order valence-corrected chi connectivity index (χ0v) is 6.53. The Morgan fingerprint density at radius 2 is 2.08 bits per heavy atom. The number of hydrogen-bond acceptors (Lipinski definition) is 3. The van der Waals surface area contributed by atoms with Gasteiger partial charge in [-0.3, -0.25) is 4.79 Å². The molecule has 0 aliphatic heterocycles. The first-order valence-electron chi connectivity index (χ1n) is 3.40. The van der Waals surface area contributed by atoms with Gasteiger partial charge in [-0.1, -0.05) is 6.07 Å². The van der Waals surface area contributed by atoms with Crippen LogP contribution in [0.5, 0.6) is 11.5 Å². The minimum atomic E-state index is -0.427. The lowest BCUT2D eigenvalue weighted by Crippen LogP contribution is -2.17. The highest BCUT2D eigenvalue weighted by molar-refractivity contribution is 5.97. The van der Waals surface area contributed by atoms with Crippen LogP contribution in [0, 0.1) is 0 Å². The van der Waals surface area contributed by atoms with Gasteiger partial charge in [-0.2, -0.15) is 0 Å². The average Bonchev–Trinajstić information content (AvgIpc) is 2.08. The van der Waals surface area contributed by atoms with Crippen LogP contribution >= 0.6 is 0 Å². The van der Waals surface area contributed by atoms with Crippen molar-refractivity contribution in [3.63, 3.8) is 0 Å². The smallest absolute Gasteiger partial charge is 0.254 e. The van der Waals surface area contributed by atoms with Crippen LogP contribution < -0.4 is 5.32 Å². The maximum Gasteiger partial charge on any atom is 0.254 e. The molecule has 0 aliphatic rings. The lowest BCUT2D eigenvalue weighted by atomic mass is 10.2. The van der Waals surface area contributed by atoms with Gasteiger partial charge in [0.05, 0.1) is 5.56 Å². The summed E-state index contributed by atoms with van der Waals surface area (Å²) >= 11 is 0. The fourth-order valence-electron chi connectivity index (χ4n) is 0.849. The van der Waals surface area contributed by atoms with Crippen LogP contribution in [-0.4, -0.2) is 23.2 Å². The lowest BCUT2D eigenvalue weighted by Gasteiger charge is -2.03. The molecule has 0 saturated heterocycles. The lowest BCUT2D eigenvalue weighted by molar-refractivity contribution is 0.0960. The zero-order valence-electron chi connectivity index (χ0n) is 6.53. The molecule has 0 aromatic heterocycles. The second kappa shape index (κ2) is 3.13. The third kappa shape index (κ3) is 1.32. The molecule has 0 aliphatic carbocycles. The number of para-hydroxylation sites is 1. The minimum absolute atomic E-state index is 0.0671. The van der Waals surface area contributed by atoms with E-state index in [4.69, 9.17) is 5.11 Å². The quantitative estimate of drug-likeness (QED) is 0.532. The van der Waals surface area contributed by atoms with Crippen LogP contribution in [0.4, 0.5) is 0 Å². The molecule has 0 spiro atoms. The van der Waals surface area contributed by atoms with Gasteiger partial charge in [0.2, 0.25) is 0 Å². The number of phenols is 2. The van der Waals surface area contributed by atoms with Gasteiger partial charge < -0.3 is 15.5 Å². The second-order valence-electron chi connectivity index (χ2n) is 2.25. The van der Waals surface area contributed by atoms with E-state index in [1.165, 1.54) is 25.2 Å². The Labute approximate surface area is 69.5 Å². The molecular formula is C8H9NO3. The number of nitrogens with one attached hydrogen (secondary N) is 1. The summed E-state index contributed by atoms with van der Waals surface area (Å²) in [5.74, 6) is -1.11. The first-order valence-corrected chi connectivity index (χ1v) is 3.40. The number of hydrogen-bond donors (Lipinski definition) is 3. The Kier molecular flexibility index (Phi) is 2.19. The van der Waals surface area contributed by atoms with E-state index in [2.05, 4.69) is 5.32 Å². The van der Waals surface area contributed by atoms with Gasteiger partial charge in [0.15, 0.2) is 11.5 Å². The summed E-state index contributed by atoms with van der Waals surface area (Å²) in [6.45, 7) is 0. The summed E-state index contributed by atoms with van der Waals surface area (Å²) in [7, 11) is 1.45. The molecule has 0 unspecified atom stereocenters. The zero-order chi connectivity index (χ0) is 9.14. The average molecular weight is 167 g/mol. The molecule has 0 radical (unpaired) electrons. The van der Waals surface area contributed by atoms with Crippen LogP contribution in [0.15, 0.2) is 18.2 Å². The van der Waals surface area contributed by atoms with Crippen molar-refractivity contribution in [2.45, 2.75) is 0 Å². The van der Waals surface area contributed by atoms with E-state index in [1.807, 2.05) is 0 Å². The Hall–Kier alpha value is -1.71. The number of rotatable bonds is 1. The molecule has 1 amide bonds. The van der Waals surface area contributed by atoms with Crippen molar-refractivity contribution in [1.82, 2.24) is 5.32 Å². The van der Waals surface area contributed by atoms with Gasteiger partial charge >= 0.3 is 0 Å². The van der Waals surface area contributed by atoms with E-state index >= 15 is 0 Å². The molecule has 0 bridgehead atoms. The first kappa shape index (κ1) is 8.39. The van der Waals surface area contributed by atoms with E-state index in [0.717, 1.165) is 0 Å². The first-order chi connectivity index (χ1) is 5.66. The number of aromatic hydroxyl groups is 2. The molecule has 0 saturated carbocycles. The summed E-state index contributed by atoms with van der Waals surface area (Å²) in [5.41, 5.74) is 0.0671. The summed E-state index contributed by atoms with van der Waals surface area (Å²) < 4.78 is 0. The summed E-state index contributed by atoms with van der Waals surface area (Å²) in [5, 5.41) is 20.5. The Bertz CT molecular complexity index is 309. The van der Waals surface area contributed by atoms with Crippen molar-refractivity contribution in [2.24, 2.45) is 0 Å². The fourth-order valence-corrected chi connectivity index (χ4v) is 0.849. The van der Waals surface area contributed by atoms with Gasteiger partial charge in [-0.15, -0.1) is 0 Å². The molecule has 4 nitrogen and oxygen atoms in total. The van der Waals surface area contributed by atoms with Crippen LogP contribution in [0.25, 0.3) is 0 Å². The maximum absolute atomic E-state index is 11.0. The molecule has 3 N–H and O–H groups in total. The number of benzene rings is 1. The van der Waals surface area contributed by atoms with Gasteiger partial charge in [-0.25, -0.2) is 0 Å². The minimum Gasteiger partial charge on any atom is -0.504 e. The number of phenolic OH excluding ortho intramolecular Hbond substituents is 2. The van der Waals surface area contributed by atoms with Crippen molar-refractivity contribution < 1.29 is 15.0 Å². The monoisotopic (exact) mass is 167 g/mol. The standard InChI is InChI=1S/C8H9NO3/c1-9-8(12)5-3-2-4-6(10)7(5)11/h2-4,10-11H,1H3,(H,9,12). The van der Waals surface area contributed by atoms with Gasteiger partial charge in [0.25, 0.3) is 5.91 Å². The molecule has 12 heavy (non-hydrogen) atoms. The third-order valence-corrected chi connectivity index (χ3v) is 1.49. The molecule has 1 aromatic carbocycles. The van der Waals surface area contributed by atoms with Crippen molar-refractivity contribution >= 4 is 5.91 Å². The van der Waals surface area contributed by atoms with Crippen LogP contribution in [0.1, 0.15) is 10.4 Å². The summed E-state index contributed by atoms with van der Waals surface area (Å²) in [6, 6.07) is 4.22. The molecule has 0 heterocycles. The molecule has 0 atom stereocenters. The number of amides is 1. The van der Waals surface area contributed by atoms with Crippen molar-refractivity contribution in [3.05, 3.63) is 23.8 Å². The van der Waals surface area contributed by atoms with Gasteiger partial charge in [-0.05, 0) is 12.1 Å². The highest BCUT2D eigenvalue weighted by Crippen LogP contribution is 2.27. The molecule has 1 rings (SSSR count). The highest BCUT2D eigenvalue weighted by Gasteiger charge is 2.11. The van der Waals surface area contributed by atoms with E-state index in [1.54, 1.807) is 0 Å². The van der Waals surface area contributed by atoms with Crippen LogP contribution in [0.3, 0.4) is 0 Å². The normalized spacial score (nSPS) is 9.42. The predicted molar refractivity (Wildman–Crippen MR) is 43.2 cm³/mol. The Morgan fingerprint density at radius 3 is 2.67 bits per heavy atom. The van der Waals surface area contributed by atoms with Crippen molar-refractivity contribution in [2.75, 3.05) is 7.05 Å². The van der Waals surface area contributed by atoms with Crippen molar-refractivity contribution in [3.8, 4) is 11.5 Å². The van der Waals surface area contributed by atoms with Gasteiger partial charge in [0, 0.05) is 7.05 Å². The Morgan fingerprint density at radius 1 is 1.42 bits per heavy atom. The molecule has 0 fully saturated rings. The second-order valence-corrected chi connectivity index (χ2v) is 2.25. The molecule has 64 valence electrons. The Balaban J connectivity index is 3.16. The molecular weight excluding hydrogens is 158 g/mol. The summed E-state index contributed by atoms with van der Waals surface area (Å²) in [4.78, 5) is 11.0.